The number of fused-ring (bicyclic) bond motifs is 1. The lowest BCUT2D eigenvalue weighted by Gasteiger charge is -2.38. The highest BCUT2D eigenvalue weighted by atomic mass is 35.5. The van der Waals surface area contributed by atoms with E-state index in [-0.39, 0.29) is 53.8 Å². The summed E-state index contributed by atoms with van der Waals surface area (Å²) in [5.41, 5.74) is -1.66. The first-order chi connectivity index (χ1) is 14.7. The molecular formula is C22H22ClFN2O5. The molecule has 1 saturated carbocycles. The second-order valence-corrected chi connectivity index (χ2v) is 8.48. The maximum absolute atomic E-state index is 14.1. The number of benzene rings is 1. The molecule has 0 bridgehead atoms. The summed E-state index contributed by atoms with van der Waals surface area (Å²) in [5, 5.41) is 20.0. The number of pyridine rings is 1. The third-order valence-corrected chi connectivity index (χ3v) is 6.67. The number of likely N-dealkylation sites (N-methyl/N-ethyl adjacent to an activating group) is 1. The van der Waals surface area contributed by atoms with E-state index in [4.69, 9.17) is 11.6 Å². The Morgan fingerprint density at radius 1 is 1.35 bits per heavy atom. The molecule has 1 aromatic carbocycles. The number of aryl methyl sites for hydroxylation is 1. The highest BCUT2D eigenvalue weighted by Crippen LogP contribution is 2.52. The van der Waals surface area contributed by atoms with Crippen molar-refractivity contribution in [3.63, 3.8) is 0 Å². The second kappa shape index (κ2) is 7.76. The normalized spacial score (nSPS) is 22.0. The van der Waals surface area contributed by atoms with Gasteiger partial charge in [0.1, 0.15) is 5.82 Å². The zero-order valence-corrected chi connectivity index (χ0v) is 17.7. The van der Waals surface area contributed by atoms with Crippen LogP contribution in [0.15, 0.2) is 29.2 Å². The SMILES string of the molecule is CCN1C(=O)c2c(O)c(=O)c(C(=O)CCc3cccc(Cl)c3F)cn2C[C@@]12C[C@@H]2CO. The maximum Gasteiger partial charge on any atom is 0.275 e. The van der Waals surface area contributed by atoms with Gasteiger partial charge < -0.3 is 19.7 Å². The number of ketones is 1. The van der Waals surface area contributed by atoms with Gasteiger partial charge in [0.05, 0.1) is 16.1 Å². The molecule has 9 heteroatoms. The van der Waals surface area contributed by atoms with Crippen molar-refractivity contribution >= 4 is 23.3 Å². The number of aromatic hydroxyl groups is 1. The molecule has 1 aliphatic heterocycles. The quantitative estimate of drug-likeness (QED) is 0.661. The molecule has 1 aromatic heterocycles. The van der Waals surface area contributed by atoms with Crippen molar-refractivity contribution in [3.8, 4) is 5.75 Å². The van der Waals surface area contributed by atoms with Crippen molar-refractivity contribution in [1.29, 1.82) is 0 Å². The molecule has 2 aliphatic rings. The molecule has 4 rings (SSSR count). The van der Waals surface area contributed by atoms with Crippen LogP contribution in [0.1, 0.15) is 46.2 Å². The Morgan fingerprint density at radius 2 is 2.10 bits per heavy atom. The maximum atomic E-state index is 14.1. The molecule has 7 nitrogen and oxygen atoms in total. The summed E-state index contributed by atoms with van der Waals surface area (Å²) < 4.78 is 15.5. The predicted molar refractivity (Wildman–Crippen MR) is 111 cm³/mol. The van der Waals surface area contributed by atoms with Crippen molar-refractivity contribution in [1.82, 2.24) is 9.47 Å². The third kappa shape index (κ3) is 3.34. The fourth-order valence-corrected chi connectivity index (χ4v) is 4.81. The Kier molecular flexibility index (Phi) is 5.39. The molecule has 0 unspecified atom stereocenters. The molecular weight excluding hydrogens is 427 g/mol. The number of aromatic nitrogens is 1. The van der Waals surface area contributed by atoms with Gasteiger partial charge in [-0.2, -0.15) is 0 Å². The first-order valence-corrected chi connectivity index (χ1v) is 10.5. The summed E-state index contributed by atoms with van der Waals surface area (Å²) >= 11 is 5.77. The molecule has 1 aliphatic carbocycles. The van der Waals surface area contributed by atoms with Crippen molar-refractivity contribution in [3.05, 3.63) is 62.3 Å². The van der Waals surface area contributed by atoms with Gasteiger partial charge in [-0.05, 0) is 31.4 Å². The van der Waals surface area contributed by atoms with E-state index >= 15 is 0 Å². The van der Waals surface area contributed by atoms with Crippen LogP contribution in [0.3, 0.4) is 0 Å². The number of halogens is 2. The van der Waals surface area contributed by atoms with Crippen LogP contribution in [0.2, 0.25) is 5.02 Å². The third-order valence-electron chi connectivity index (χ3n) is 6.38. The molecule has 164 valence electrons. The minimum atomic E-state index is -0.919. The number of carbonyl (C=O) groups excluding carboxylic acids is 2. The van der Waals surface area contributed by atoms with E-state index in [1.807, 2.05) is 0 Å². The molecule has 31 heavy (non-hydrogen) atoms. The zero-order valence-electron chi connectivity index (χ0n) is 16.9. The number of rotatable bonds is 6. The molecule has 2 heterocycles. The van der Waals surface area contributed by atoms with E-state index in [1.165, 1.54) is 22.9 Å². The van der Waals surface area contributed by atoms with Crippen LogP contribution in [0.5, 0.6) is 5.75 Å². The van der Waals surface area contributed by atoms with Crippen LogP contribution < -0.4 is 5.43 Å². The first kappa shape index (κ1) is 21.5. The first-order valence-electron chi connectivity index (χ1n) is 10.1. The number of hydrogen-bond acceptors (Lipinski definition) is 5. The van der Waals surface area contributed by atoms with Crippen LogP contribution >= 0.6 is 11.6 Å². The summed E-state index contributed by atoms with van der Waals surface area (Å²) in [6.07, 6.45) is 1.77. The number of amides is 1. The van der Waals surface area contributed by atoms with Crippen LogP contribution in [-0.4, -0.2) is 50.1 Å². The smallest absolute Gasteiger partial charge is 0.275 e. The monoisotopic (exact) mass is 448 g/mol. The molecule has 1 fully saturated rings. The number of aliphatic hydroxyl groups excluding tert-OH is 1. The summed E-state index contributed by atoms with van der Waals surface area (Å²) in [7, 11) is 0. The fraction of sp³-hybridized carbons (Fsp3) is 0.409. The van der Waals surface area contributed by atoms with Crippen LogP contribution in [-0.2, 0) is 13.0 Å². The number of nitrogens with zero attached hydrogens (tertiary/aromatic N) is 2. The van der Waals surface area contributed by atoms with E-state index in [0.717, 1.165) is 0 Å². The molecule has 1 spiro atoms. The molecule has 0 radical (unpaired) electrons. The lowest BCUT2D eigenvalue weighted by molar-refractivity contribution is 0.0508. The Hall–Kier alpha value is -2.71. The van der Waals surface area contributed by atoms with E-state index in [2.05, 4.69) is 0 Å². The van der Waals surface area contributed by atoms with Gasteiger partial charge in [-0.1, -0.05) is 23.7 Å². The highest BCUT2D eigenvalue weighted by Gasteiger charge is 2.61. The zero-order chi connectivity index (χ0) is 22.5. The number of hydrogen-bond donors (Lipinski definition) is 2. The molecule has 1 amide bonds. The lowest BCUT2D eigenvalue weighted by atomic mass is 10.0. The molecule has 2 N–H and O–H groups in total. The van der Waals surface area contributed by atoms with E-state index < -0.39 is 34.2 Å². The molecule has 0 saturated heterocycles. The standard InChI is InChI=1S/C22H22ClFN2O5/c1-2-26-21(31)18-20(30)19(29)14(9-25(18)11-22(26)8-13(22)10-27)16(28)7-6-12-4-3-5-15(23)17(12)24/h3-5,9,13,27,30H,2,6-8,10-11H2,1H3/t13-,22-/m1/s1. The van der Waals surface area contributed by atoms with Crippen LogP contribution in [0.25, 0.3) is 0 Å². The van der Waals surface area contributed by atoms with Gasteiger partial charge in [-0.25, -0.2) is 4.39 Å². The molecule has 2 atom stereocenters. The molecule has 2 aromatic rings. The van der Waals surface area contributed by atoms with Gasteiger partial charge in [0, 0.05) is 38.2 Å². The summed E-state index contributed by atoms with van der Waals surface area (Å²) in [5.74, 6) is -2.54. The van der Waals surface area contributed by atoms with Gasteiger partial charge in [-0.15, -0.1) is 0 Å². The Balaban J connectivity index is 1.66. The summed E-state index contributed by atoms with van der Waals surface area (Å²) in [6, 6.07) is 4.48. The Bertz CT molecular complexity index is 1150. The van der Waals surface area contributed by atoms with Crippen molar-refractivity contribution in [2.24, 2.45) is 5.92 Å². The largest absolute Gasteiger partial charge is 0.503 e. The topological polar surface area (TPSA) is 99.8 Å². The fourth-order valence-electron chi connectivity index (χ4n) is 4.62. The average Bonchev–Trinajstić information content (AvgIpc) is 3.44. The number of carbonyl (C=O) groups is 2. The van der Waals surface area contributed by atoms with Crippen LogP contribution in [0, 0.1) is 11.7 Å². The van der Waals surface area contributed by atoms with Gasteiger partial charge in [0.2, 0.25) is 5.43 Å². The predicted octanol–water partition coefficient (Wildman–Crippen LogP) is 2.39. The summed E-state index contributed by atoms with van der Waals surface area (Å²) in [6.45, 7) is 2.35. The van der Waals surface area contributed by atoms with Gasteiger partial charge in [-0.3, -0.25) is 14.4 Å². The van der Waals surface area contributed by atoms with E-state index in [1.54, 1.807) is 17.9 Å². The number of Topliss-reactive ketones (excluding diaryl/α,β-unsaturated/α-hetero) is 1. The second-order valence-electron chi connectivity index (χ2n) is 8.07. The average molecular weight is 449 g/mol. The van der Waals surface area contributed by atoms with E-state index in [0.29, 0.717) is 13.0 Å². The lowest BCUT2D eigenvalue weighted by Crippen LogP contribution is -2.52. The van der Waals surface area contributed by atoms with Gasteiger partial charge in [0.25, 0.3) is 5.91 Å². The van der Waals surface area contributed by atoms with Gasteiger partial charge >= 0.3 is 0 Å². The Labute approximate surface area is 182 Å². The minimum Gasteiger partial charge on any atom is -0.503 e. The number of aliphatic hydroxyl groups is 1. The van der Waals surface area contributed by atoms with Crippen molar-refractivity contribution in [2.75, 3.05) is 13.2 Å². The van der Waals surface area contributed by atoms with Crippen LogP contribution in [0.4, 0.5) is 4.39 Å². The summed E-state index contributed by atoms with van der Waals surface area (Å²) in [4.78, 5) is 40.0. The highest BCUT2D eigenvalue weighted by molar-refractivity contribution is 6.30. The van der Waals surface area contributed by atoms with E-state index in [9.17, 15) is 29.0 Å². The Morgan fingerprint density at radius 3 is 2.74 bits per heavy atom. The van der Waals surface area contributed by atoms with Crippen molar-refractivity contribution in [2.45, 2.75) is 38.3 Å². The van der Waals surface area contributed by atoms with Gasteiger partial charge in [0.15, 0.2) is 17.2 Å². The van der Waals surface area contributed by atoms with Crippen molar-refractivity contribution < 1.29 is 24.2 Å². The minimum absolute atomic E-state index is 0.0340.